The number of pyridine rings is 1. The fourth-order valence-electron chi connectivity index (χ4n) is 5.01. The number of ketones is 1. The molecule has 0 saturated carbocycles. The summed E-state index contributed by atoms with van der Waals surface area (Å²) in [5.41, 5.74) is 3.22. The van der Waals surface area contributed by atoms with Gasteiger partial charge in [-0.15, -0.1) is 0 Å². The summed E-state index contributed by atoms with van der Waals surface area (Å²) in [4.78, 5) is 37.8. The van der Waals surface area contributed by atoms with E-state index in [1.807, 2.05) is 29.7 Å². The fourth-order valence-corrected chi connectivity index (χ4v) is 6.03. The van der Waals surface area contributed by atoms with Gasteiger partial charge in [0.25, 0.3) is 5.78 Å². The molecule has 6 rings (SSSR count). The summed E-state index contributed by atoms with van der Waals surface area (Å²) in [6.07, 6.45) is 1.82. The molecule has 0 aliphatic carbocycles. The Bertz CT molecular complexity index is 1890. The van der Waals surface area contributed by atoms with Crippen molar-refractivity contribution in [1.29, 1.82) is 0 Å². The van der Waals surface area contributed by atoms with E-state index in [2.05, 4.69) is 9.97 Å². The largest absolute Gasteiger partial charge is 0.505 e. The summed E-state index contributed by atoms with van der Waals surface area (Å²) >= 11 is 1.22. The molecule has 10 nitrogen and oxygen atoms in total. The number of hydrogen-bond donors (Lipinski definition) is 2. The van der Waals surface area contributed by atoms with Crippen LogP contribution in [0.25, 0.3) is 21.6 Å². The molecule has 5 aromatic rings. The highest BCUT2D eigenvalue weighted by Gasteiger charge is 2.49. The Morgan fingerprint density at radius 1 is 1.02 bits per heavy atom. The number of carbonyl (C=O) groups is 2. The number of anilines is 1. The lowest BCUT2D eigenvalue weighted by atomic mass is 9.96. The van der Waals surface area contributed by atoms with Gasteiger partial charge in [-0.2, -0.15) is 0 Å². The predicted molar refractivity (Wildman–Crippen MR) is 150 cm³/mol. The third kappa shape index (κ3) is 3.77. The van der Waals surface area contributed by atoms with E-state index < -0.39 is 23.5 Å². The van der Waals surface area contributed by atoms with Crippen molar-refractivity contribution >= 4 is 49.8 Å². The first-order valence-corrected chi connectivity index (χ1v) is 13.1. The second kappa shape index (κ2) is 9.38. The van der Waals surface area contributed by atoms with E-state index in [0.717, 1.165) is 10.3 Å². The first-order chi connectivity index (χ1) is 19.2. The summed E-state index contributed by atoms with van der Waals surface area (Å²) in [5, 5.41) is 22.2. The maximum Gasteiger partial charge on any atom is 0.301 e. The van der Waals surface area contributed by atoms with Gasteiger partial charge >= 0.3 is 5.91 Å². The quantitative estimate of drug-likeness (QED) is 0.178. The van der Waals surface area contributed by atoms with Gasteiger partial charge in [-0.05, 0) is 61.4 Å². The second-order valence-electron chi connectivity index (χ2n) is 9.36. The average molecular weight is 557 g/mol. The van der Waals surface area contributed by atoms with E-state index in [-0.39, 0.29) is 27.9 Å². The van der Waals surface area contributed by atoms with Crippen LogP contribution in [0.2, 0.25) is 0 Å². The number of rotatable bonds is 5. The fraction of sp³-hybridized carbons (Fsp3) is 0.172. The smallest absolute Gasteiger partial charge is 0.301 e. The number of carbonyl (C=O) groups excluding carboxylic acids is 2. The molecule has 0 bridgehead atoms. The Kier molecular flexibility index (Phi) is 5.95. The number of imidazole rings is 1. The third-order valence-corrected chi connectivity index (χ3v) is 8.08. The van der Waals surface area contributed by atoms with E-state index in [1.54, 1.807) is 38.3 Å². The van der Waals surface area contributed by atoms with Gasteiger partial charge in [0.15, 0.2) is 22.4 Å². The summed E-state index contributed by atoms with van der Waals surface area (Å²) in [6, 6.07) is 12.5. The van der Waals surface area contributed by atoms with Gasteiger partial charge in [-0.3, -0.25) is 14.5 Å². The zero-order valence-corrected chi connectivity index (χ0v) is 22.8. The summed E-state index contributed by atoms with van der Waals surface area (Å²) < 4.78 is 13.2. The van der Waals surface area contributed by atoms with Gasteiger partial charge in [0.2, 0.25) is 0 Å². The van der Waals surface area contributed by atoms with Crippen molar-refractivity contribution in [3.05, 3.63) is 82.8 Å². The van der Waals surface area contributed by atoms with E-state index >= 15 is 0 Å². The summed E-state index contributed by atoms with van der Waals surface area (Å²) in [5.74, 6) is -1.45. The van der Waals surface area contributed by atoms with Gasteiger partial charge < -0.3 is 24.1 Å². The number of aryl methyl sites for hydroxylation is 2. The molecular weight excluding hydrogens is 532 g/mol. The molecule has 2 aromatic carbocycles. The number of ether oxygens (including phenoxy) is 2. The minimum Gasteiger partial charge on any atom is -0.505 e. The van der Waals surface area contributed by atoms with Crippen molar-refractivity contribution in [3.8, 4) is 17.2 Å². The van der Waals surface area contributed by atoms with Crippen LogP contribution >= 0.6 is 11.3 Å². The van der Waals surface area contributed by atoms with Gasteiger partial charge in [-0.1, -0.05) is 23.5 Å². The van der Waals surface area contributed by atoms with Crippen LogP contribution in [-0.2, 0) is 9.59 Å². The summed E-state index contributed by atoms with van der Waals surface area (Å²) in [6.45, 7) is 3.68. The minimum atomic E-state index is -1.07. The lowest BCUT2D eigenvalue weighted by Gasteiger charge is -2.23. The van der Waals surface area contributed by atoms with Crippen molar-refractivity contribution in [2.24, 2.45) is 0 Å². The number of fused-ring (bicyclic) bond motifs is 2. The van der Waals surface area contributed by atoms with Gasteiger partial charge in [0.1, 0.15) is 17.1 Å². The molecule has 1 saturated heterocycles. The normalized spacial score (nSPS) is 16.8. The molecule has 1 aliphatic rings. The number of aromatic hydroxyl groups is 1. The maximum absolute atomic E-state index is 13.7. The number of Topliss-reactive ketones (excluding diaryl/α,β-unsaturated/α-hetero) is 1. The molecule has 2 N–H and O–H groups in total. The molecular formula is C29H24N4O6S. The van der Waals surface area contributed by atoms with Crippen LogP contribution in [0.1, 0.15) is 28.6 Å². The Hall–Kier alpha value is -4.90. The highest BCUT2D eigenvalue weighted by molar-refractivity contribution is 7.22. The van der Waals surface area contributed by atoms with Crippen LogP contribution in [0.3, 0.4) is 0 Å². The number of phenols is 1. The second-order valence-corrected chi connectivity index (χ2v) is 10.4. The number of benzene rings is 2. The van der Waals surface area contributed by atoms with Crippen LogP contribution in [0, 0.1) is 13.8 Å². The number of methoxy groups -OCH3 is 2. The SMILES string of the molecule is COc1ccc2nc(N3C(=O)C(=O)/C(=C(/O)c4nc5c(C)cccn5c4C)C3c3ccc(O)c(OC)c3)sc2c1. The Labute approximate surface area is 232 Å². The average Bonchev–Trinajstić information content (AvgIpc) is 3.60. The molecule has 0 spiro atoms. The first-order valence-electron chi connectivity index (χ1n) is 12.3. The summed E-state index contributed by atoms with van der Waals surface area (Å²) in [7, 11) is 2.96. The molecule has 40 heavy (non-hydrogen) atoms. The number of hydrogen-bond acceptors (Lipinski definition) is 9. The molecule has 202 valence electrons. The number of aliphatic hydroxyl groups is 1. The highest BCUT2D eigenvalue weighted by Crippen LogP contribution is 2.46. The zero-order valence-electron chi connectivity index (χ0n) is 22.0. The monoisotopic (exact) mass is 556 g/mol. The molecule has 11 heteroatoms. The lowest BCUT2D eigenvalue weighted by molar-refractivity contribution is -0.132. The van der Waals surface area contributed by atoms with Crippen LogP contribution < -0.4 is 14.4 Å². The third-order valence-electron chi connectivity index (χ3n) is 7.06. The molecule has 1 fully saturated rings. The van der Waals surface area contributed by atoms with Crippen LogP contribution in [0.4, 0.5) is 5.13 Å². The molecule has 1 amide bonds. The molecule has 1 atom stereocenters. The van der Waals surface area contributed by atoms with Gasteiger partial charge in [-0.25, -0.2) is 9.97 Å². The lowest BCUT2D eigenvalue weighted by Crippen LogP contribution is -2.29. The van der Waals surface area contributed by atoms with Gasteiger partial charge in [0, 0.05) is 6.20 Å². The van der Waals surface area contributed by atoms with E-state index in [1.165, 1.54) is 35.5 Å². The number of nitrogens with zero attached hydrogens (tertiary/aromatic N) is 4. The Balaban J connectivity index is 1.60. The molecule has 1 aliphatic heterocycles. The Morgan fingerprint density at radius 2 is 1.82 bits per heavy atom. The van der Waals surface area contributed by atoms with E-state index in [4.69, 9.17) is 9.47 Å². The molecule has 1 unspecified atom stereocenters. The molecule has 4 heterocycles. The first kappa shape index (κ1) is 25.4. The number of thiazole rings is 1. The molecule has 0 radical (unpaired) electrons. The standard InChI is InChI=1S/C29H24N4O6S/c1-14-6-5-11-32-15(2)23(31-27(14)32)25(35)22-24(16-7-10-19(34)20(12-16)39-4)33(28(37)26(22)36)29-30-18-9-8-17(38-3)13-21(18)40-29/h5-13,24,34-35H,1-4H3/b25-22+. The van der Waals surface area contributed by atoms with Crippen molar-refractivity contribution in [1.82, 2.24) is 14.4 Å². The van der Waals surface area contributed by atoms with E-state index in [0.29, 0.717) is 28.2 Å². The van der Waals surface area contributed by atoms with Crippen LogP contribution in [0.5, 0.6) is 17.2 Å². The number of aliphatic hydroxyl groups excluding tert-OH is 1. The zero-order chi connectivity index (χ0) is 28.3. The van der Waals surface area contributed by atoms with Crippen LogP contribution in [-0.4, -0.2) is 50.5 Å². The van der Waals surface area contributed by atoms with Crippen LogP contribution in [0.15, 0.2) is 60.3 Å². The van der Waals surface area contributed by atoms with E-state index in [9.17, 15) is 19.8 Å². The number of aromatic nitrogens is 3. The van der Waals surface area contributed by atoms with Crippen molar-refractivity contribution < 1.29 is 29.3 Å². The molecule has 3 aromatic heterocycles. The topological polar surface area (TPSA) is 126 Å². The Morgan fingerprint density at radius 3 is 2.55 bits per heavy atom. The number of amides is 1. The predicted octanol–water partition coefficient (Wildman–Crippen LogP) is 4.91. The number of phenolic OH excluding ortho intramolecular Hbond substituents is 1. The highest BCUT2D eigenvalue weighted by atomic mass is 32.1. The van der Waals surface area contributed by atoms with Crippen molar-refractivity contribution in [2.75, 3.05) is 19.1 Å². The van der Waals surface area contributed by atoms with Gasteiger partial charge in [0.05, 0.1) is 41.7 Å². The van der Waals surface area contributed by atoms with Crippen molar-refractivity contribution in [2.45, 2.75) is 19.9 Å². The van der Waals surface area contributed by atoms with Crippen molar-refractivity contribution in [3.63, 3.8) is 0 Å². The maximum atomic E-state index is 13.7. The minimum absolute atomic E-state index is 0.109.